The van der Waals surface area contributed by atoms with E-state index in [1.807, 2.05) is 30.3 Å². The molecule has 1 aromatic heterocycles. The van der Waals surface area contributed by atoms with Gasteiger partial charge in [-0.3, -0.25) is 9.36 Å². The zero-order valence-electron chi connectivity index (χ0n) is 15.9. The number of aromatic nitrogens is 3. The van der Waals surface area contributed by atoms with Gasteiger partial charge < -0.3 is 10.1 Å². The normalized spacial score (nSPS) is 11.7. The van der Waals surface area contributed by atoms with Gasteiger partial charge in [-0.25, -0.2) is 4.39 Å². The van der Waals surface area contributed by atoms with Gasteiger partial charge in [-0.15, -0.1) is 16.8 Å². The van der Waals surface area contributed by atoms with E-state index in [1.54, 1.807) is 35.8 Å². The first-order valence-corrected chi connectivity index (χ1v) is 9.89. The second-order valence-corrected chi connectivity index (χ2v) is 7.44. The molecule has 0 saturated heterocycles. The number of thioether (sulfide) groups is 1. The lowest BCUT2D eigenvalue weighted by molar-refractivity contribution is -0.115. The van der Waals surface area contributed by atoms with Crippen LogP contribution in [-0.4, -0.2) is 25.9 Å². The van der Waals surface area contributed by atoms with Crippen LogP contribution in [0.4, 0.5) is 10.1 Å². The summed E-state index contributed by atoms with van der Waals surface area (Å²) in [5, 5.41) is 11.3. The van der Waals surface area contributed by atoms with Crippen molar-refractivity contribution in [3.63, 3.8) is 0 Å². The highest BCUT2D eigenvalue weighted by molar-refractivity contribution is 8.00. The fourth-order valence-corrected chi connectivity index (χ4v) is 3.38. The molecule has 1 unspecified atom stereocenters. The standard InChI is InChI=1S/C21H21FN4O2S/c1-3-13-26-19(14-28-18-12-8-7-11-17(18)22)24-25-21(26)29-15(2)20(27)23-16-9-5-4-6-10-16/h3-12,15H,1,13-14H2,2H3,(H,23,27). The first kappa shape index (κ1) is 20.6. The Balaban J connectivity index is 1.68. The summed E-state index contributed by atoms with van der Waals surface area (Å²) in [4.78, 5) is 12.5. The molecule has 0 aliphatic rings. The van der Waals surface area contributed by atoms with Crippen LogP contribution in [0, 0.1) is 5.82 Å². The van der Waals surface area contributed by atoms with Crippen molar-refractivity contribution in [2.75, 3.05) is 5.32 Å². The minimum atomic E-state index is -0.442. The minimum absolute atomic E-state index is 0.0485. The number of halogens is 1. The van der Waals surface area contributed by atoms with Gasteiger partial charge in [0.1, 0.15) is 6.61 Å². The number of hydrogen-bond donors (Lipinski definition) is 1. The van der Waals surface area contributed by atoms with Gasteiger partial charge in [-0.2, -0.15) is 0 Å². The number of nitrogens with one attached hydrogen (secondary N) is 1. The molecule has 3 rings (SSSR count). The molecule has 1 heterocycles. The first-order chi connectivity index (χ1) is 14.1. The van der Waals surface area contributed by atoms with Gasteiger partial charge in [0.15, 0.2) is 22.5 Å². The molecule has 0 fully saturated rings. The Morgan fingerprint density at radius 2 is 1.97 bits per heavy atom. The molecule has 2 aromatic carbocycles. The van der Waals surface area contributed by atoms with Gasteiger partial charge in [-0.1, -0.05) is 48.2 Å². The zero-order chi connectivity index (χ0) is 20.6. The van der Waals surface area contributed by atoms with Crippen molar-refractivity contribution < 1.29 is 13.9 Å². The van der Waals surface area contributed by atoms with E-state index in [-0.39, 0.29) is 18.3 Å². The summed E-state index contributed by atoms with van der Waals surface area (Å²) < 4.78 is 21.1. The molecule has 8 heteroatoms. The van der Waals surface area contributed by atoms with Crippen LogP contribution < -0.4 is 10.1 Å². The average Bonchev–Trinajstić information content (AvgIpc) is 3.10. The molecule has 1 N–H and O–H groups in total. The number of carbonyl (C=O) groups excluding carboxylic acids is 1. The van der Waals surface area contributed by atoms with Gasteiger partial charge in [-0.05, 0) is 31.2 Å². The molecule has 0 spiro atoms. The maximum absolute atomic E-state index is 13.8. The van der Waals surface area contributed by atoms with Crippen LogP contribution in [-0.2, 0) is 17.9 Å². The Hall–Kier alpha value is -3.13. The van der Waals surface area contributed by atoms with Crippen molar-refractivity contribution in [3.8, 4) is 5.75 Å². The van der Waals surface area contributed by atoms with Crippen molar-refractivity contribution in [1.29, 1.82) is 0 Å². The fourth-order valence-electron chi connectivity index (χ4n) is 2.51. The number of nitrogens with zero attached hydrogens (tertiary/aromatic N) is 3. The summed E-state index contributed by atoms with van der Waals surface area (Å²) in [5.41, 5.74) is 0.733. The third-order valence-corrected chi connectivity index (χ3v) is 5.07. The fraction of sp³-hybridized carbons (Fsp3) is 0.190. The molecule has 0 bridgehead atoms. The van der Waals surface area contributed by atoms with E-state index in [4.69, 9.17) is 4.74 Å². The summed E-state index contributed by atoms with van der Waals surface area (Å²) in [7, 11) is 0. The zero-order valence-corrected chi connectivity index (χ0v) is 16.7. The number of anilines is 1. The van der Waals surface area contributed by atoms with Crippen molar-refractivity contribution in [2.24, 2.45) is 0 Å². The second-order valence-electron chi connectivity index (χ2n) is 6.13. The second kappa shape index (κ2) is 9.88. The number of rotatable bonds is 9. The van der Waals surface area contributed by atoms with Gasteiger partial charge in [0.25, 0.3) is 0 Å². The first-order valence-electron chi connectivity index (χ1n) is 9.01. The Morgan fingerprint density at radius 3 is 2.69 bits per heavy atom. The van der Waals surface area contributed by atoms with E-state index in [1.165, 1.54) is 17.8 Å². The molecule has 3 aromatic rings. The van der Waals surface area contributed by atoms with Crippen LogP contribution in [0.25, 0.3) is 0 Å². The number of hydrogen-bond acceptors (Lipinski definition) is 5. The Labute approximate surface area is 172 Å². The van der Waals surface area contributed by atoms with E-state index in [0.29, 0.717) is 17.5 Å². The molecule has 0 radical (unpaired) electrons. The largest absolute Gasteiger partial charge is 0.483 e. The third-order valence-electron chi connectivity index (χ3n) is 3.99. The third kappa shape index (κ3) is 5.45. The molecule has 1 amide bonds. The lowest BCUT2D eigenvalue weighted by Crippen LogP contribution is -2.23. The topological polar surface area (TPSA) is 69.0 Å². The number of benzene rings is 2. The summed E-state index contributed by atoms with van der Waals surface area (Å²) in [6.45, 7) is 6.04. The molecule has 0 saturated carbocycles. The number of amides is 1. The SMILES string of the molecule is C=CCn1c(COc2ccccc2F)nnc1SC(C)C(=O)Nc1ccccc1. The minimum Gasteiger partial charge on any atom is -0.483 e. The Bertz CT molecular complexity index is 978. The highest BCUT2D eigenvalue weighted by Gasteiger charge is 2.20. The number of carbonyl (C=O) groups is 1. The van der Waals surface area contributed by atoms with E-state index in [2.05, 4.69) is 22.1 Å². The predicted molar refractivity (Wildman–Crippen MR) is 111 cm³/mol. The van der Waals surface area contributed by atoms with Crippen molar-refractivity contribution in [2.45, 2.75) is 30.5 Å². The summed E-state index contributed by atoms with van der Waals surface area (Å²) >= 11 is 1.28. The smallest absolute Gasteiger partial charge is 0.237 e. The highest BCUT2D eigenvalue weighted by atomic mass is 32.2. The lowest BCUT2D eigenvalue weighted by atomic mass is 10.3. The Morgan fingerprint density at radius 1 is 1.24 bits per heavy atom. The van der Waals surface area contributed by atoms with Gasteiger partial charge in [0, 0.05) is 12.2 Å². The van der Waals surface area contributed by atoms with Crippen LogP contribution >= 0.6 is 11.8 Å². The van der Waals surface area contributed by atoms with Crippen LogP contribution in [0.5, 0.6) is 5.75 Å². The van der Waals surface area contributed by atoms with Crippen molar-refractivity contribution >= 4 is 23.4 Å². The molecular weight excluding hydrogens is 391 g/mol. The maximum atomic E-state index is 13.8. The van der Waals surface area contributed by atoms with E-state index in [9.17, 15) is 9.18 Å². The van der Waals surface area contributed by atoms with E-state index < -0.39 is 11.1 Å². The van der Waals surface area contributed by atoms with Crippen LogP contribution in [0.2, 0.25) is 0 Å². The molecule has 0 aliphatic carbocycles. The van der Waals surface area contributed by atoms with Gasteiger partial charge in [0.2, 0.25) is 5.91 Å². The number of allylic oxidation sites excluding steroid dienone is 1. The van der Waals surface area contributed by atoms with Gasteiger partial charge in [0.05, 0.1) is 5.25 Å². The quantitative estimate of drug-likeness (QED) is 0.419. The van der Waals surface area contributed by atoms with Crippen LogP contribution in [0.3, 0.4) is 0 Å². The maximum Gasteiger partial charge on any atom is 0.237 e. The van der Waals surface area contributed by atoms with Crippen molar-refractivity contribution in [3.05, 3.63) is 78.9 Å². The van der Waals surface area contributed by atoms with Crippen LogP contribution in [0.1, 0.15) is 12.7 Å². The van der Waals surface area contributed by atoms with Crippen LogP contribution in [0.15, 0.2) is 72.4 Å². The number of para-hydroxylation sites is 2. The predicted octanol–water partition coefficient (Wildman–Crippen LogP) is 4.30. The summed E-state index contributed by atoms with van der Waals surface area (Å²) in [6.07, 6.45) is 1.70. The molecule has 29 heavy (non-hydrogen) atoms. The molecule has 1 atom stereocenters. The summed E-state index contributed by atoms with van der Waals surface area (Å²) in [5.74, 6) is 0.0818. The van der Waals surface area contributed by atoms with E-state index in [0.717, 1.165) is 5.69 Å². The summed E-state index contributed by atoms with van der Waals surface area (Å²) in [6, 6.07) is 15.4. The number of ether oxygens (including phenoxy) is 1. The average molecular weight is 412 g/mol. The monoisotopic (exact) mass is 412 g/mol. The van der Waals surface area contributed by atoms with Gasteiger partial charge >= 0.3 is 0 Å². The van der Waals surface area contributed by atoms with Crippen molar-refractivity contribution in [1.82, 2.24) is 14.8 Å². The Kier molecular flexibility index (Phi) is 7.02. The molecular formula is C21H21FN4O2S. The lowest BCUT2D eigenvalue weighted by Gasteiger charge is -2.13. The molecule has 0 aliphatic heterocycles. The van der Waals surface area contributed by atoms with E-state index >= 15 is 0 Å². The molecule has 150 valence electrons. The molecule has 6 nitrogen and oxygen atoms in total. The highest BCUT2D eigenvalue weighted by Crippen LogP contribution is 2.24.